The molecule has 0 atom stereocenters. The molecule has 0 unspecified atom stereocenters. The van der Waals surface area contributed by atoms with Gasteiger partial charge in [-0.3, -0.25) is 14.5 Å². The highest BCUT2D eigenvalue weighted by molar-refractivity contribution is 8.18. The fourth-order valence-electron chi connectivity index (χ4n) is 3.04. The highest BCUT2D eigenvalue weighted by Gasteiger charge is 2.35. The van der Waals surface area contributed by atoms with Gasteiger partial charge < -0.3 is 4.18 Å². The maximum atomic E-state index is 13.3. The maximum Gasteiger partial charge on any atom is 0.339 e. The molecule has 11 heteroatoms. The predicted octanol–water partition coefficient (Wildman–Crippen LogP) is 6.14. The molecule has 0 radical (unpaired) electrons. The summed E-state index contributed by atoms with van der Waals surface area (Å²) in [5, 5.41) is -0.0132. The number of imide groups is 1. The van der Waals surface area contributed by atoms with Gasteiger partial charge in [-0.25, -0.2) is 4.39 Å². The van der Waals surface area contributed by atoms with E-state index in [4.69, 9.17) is 27.4 Å². The number of benzene rings is 3. The number of halogens is 3. The van der Waals surface area contributed by atoms with Crippen LogP contribution in [0.4, 0.5) is 9.18 Å². The van der Waals surface area contributed by atoms with Gasteiger partial charge in [0.2, 0.25) is 0 Å². The van der Waals surface area contributed by atoms with Gasteiger partial charge >= 0.3 is 10.1 Å². The summed E-state index contributed by atoms with van der Waals surface area (Å²) in [6, 6.07) is 15.3. The number of rotatable bonds is 6. The zero-order valence-corrected chi connectivity index (χ0v) is 20.2. The predicted molar refractivity (Wildman–Crippen MR) is 129 cm³/mol. The first kappa shape index (κ1) is 24.3. The summed E-state index contributed by atoms with van der Waals surface area (Å²) in [5.74, 6) is -1.04. The molecule has 1 aliphatic rings. The Kier molecular flexibility index (Phi) is 6.99. The van der Waals surface area contributed by atoms with Gasteiger partial charge in [0, 0.05) is 10.0 Å². The van der Waals surface area contributed by atoms with Crippen molar-refractivity contribution in [2.45, 2.75) is 11.4 Å². The Bertz CT molecular complexity index is 1430. The van der Waals surface area contributed by atoms with E-state index >= 15 is 0 Å². The standard InChI is InChI=1S/C23H14Cl2FNO5S2/c24-16-5-8-19(9-6-16)34(30,31)32-18-3-1-2-14(10-18)11-21-22(28)27(23(29)33-21)13-15-4-7-17(26)12-20(15)25/h1-12H,13H2/b21-11-. The van der Waals surface area contributed by atoms with Crippen LogP contribution in [0.25, 0.3) is 6.08 Å². The maximum absolute atomic E-state index is 13.3. The molecule has 174 valence electrons. The van der Waals surface area contributed by atoms with Crippen LogP contribution in [0.1, 0.15) is 11.1 Å². The third-order valence-corrected chi connectivity index (χ3v) is 7.45. The molecule has 1 heterocycles. The van der Waals surface area contributed by atoms with Gasteiger partial charge in [-0.1, -0.05) is 41.4 Å². The molecule has 0 aromatic heterocycles. The Labute approximate surface area is 209 Å². The number of carbonyl (C=O) groups excluding carboxylic acids is 2. The quantitative estimate of drug-likeness (QED) is 0.277. The lowest BCUT2D eigenvalue weighted by Gasteiger charge is -2.13. The van der Waals surface area contributed by atoms with Crippen molar-refractivity contribution in [3.63, 3.8) is 0 Å². The van der Waals surface area contributed by atoms with Crippen molar-refractivity contribution in [3.05, 3.63) is 98.6 Å². The SMILES string of the molecule is O=C1S/C(=C\c2cccc(OS(=O)(=O)c3ccc(Cl)cc3)c2)C(=O)N1Cc1ccc(F)cc1Cl. The molecule has 1 aliphatic heterocycles. The molecule has 3 aromatic rings. The van der Waals surface area contributed by atoms with E-state index in [1.165, 1.54) is 54.6 Å². The van der Waals surface area contributed by atoms with E-state index in [1.807, 2.05) is 0 Å². The van der Waals surface area contributed by atoms with Crippen LogP contribution in [-0.4, -0.2) is 24.5 Å². The van der Waals surface area contributed by atoms with Crippen LogP contribution in [0.5, 0.6) is 5.75 Å². The zero-order valence-electron chi connectivity index (χ0n) is 17.1. The minimum atomic E-state index is -4.10. The van der Waals surface area contributed by atoms with E-state index in [-0.39, 0.29) is 27.1 Å². The van der Waals surface area contributed by atoms with E-state index in [0.717, 1.165) is 22.7 Å². The topological polar surface area (TPSA) is 80.8 Å². The van der Waals surface area contributed by atoms with Crippen LogP contribution in [0.2, 0.25) is 10.0 Å². The molecule has 0 spiro atoms. The van der Waals surface area contributed by atoms with Gasteiger partial charge in [-0.05, 0) is 77.5 Å². The van der Waals surface area contributed by atoms with Crippen molar-refractivity contribution in [1.82, 2.24) is 4.90 Å². The molecule has 0 aliphatic carbocycles. The van der Waals surface area contributed by atoms with Gasteiger partial charge in [0.05, 0.1) is 11.4 Å². The summed E-state index contributed by atoms with van der Waals surface area (Å²) < 4.78 is 43.5. The smallest absolute Gasteiger partial charge is 0.339 e. The molecule has 1 fully saturated rings. The van der Waals surface area contributed by atoms with Gasteiger partial charge in [-0.2, -0.15) is 8.42 Å². The molecule has 0 bridgehead atoms. The first-order valence-corrected chi connectivity index (χ1v) is 12.6. The Hall–Kier alpha value is -2.85. The van der Waals surface area contributed by atoms with Crippen LogP contribution in [0.15, 0.2) is 76.5 Å². The third kappa shape index (κ3) is 5.44. The number of thioether (sulfide) groups is 1. The molecule has 2 amide bonds. The van der Waals surface area contributed by atoms with Gasteiger partial charge in [0.15, 0.2) is 0 Å². The number of hydrogen-bond acceptors (Lipinski definition) is 6. The fraction of sp³-hybridized carbons (Fsp3) is 0.0435. The average molecular weight is 538 g/mol. The van der Waals surface area contributed by atoms with Gasteiger partial charge in [-0.15, -0.1) is 0 Å². The molecule has 6 nitrogen and oxygen atoms in total. The van der Waals surface area contributed by atoms with Crippen LogP contribution in [-0.2, 0) is 21.5 Å². The molecular weight excluding hydrogens is 524 g/mol. The minimum Gasteiger partial charge on any atom is -0.379 e. The summed E-state index contributed by atoms with van der Waals surface area (Å²) >= 11 is 12.5. The first-order chi connectivity index (χ1) is 16.1. The van der Waals surface area contributed by atoms with Crippen molar-refractivity contribution in [1.29, 1.82) is 0 Å². The van der Waals surface area contributed by atoms with E-state index in [0.29, 0.717) is 16.1 Å². The van der Waals surface area contributed by atoms with Crippen molar-refractivity contribution in [2.24, 2.45) is 0 Å². The van der Waals surface area contributed by atoms with E-state index in [1.54, 1.807) is 12.1 Å². The van der Waals surface area contributed by atoms with Crippen LogP contribution in [0, 0.1) is 5.82 Å². The van der Waals surface area contributed by atoms with Crippen molar-refractivity contribution >= 4 is 62.3 Å². The molecule has 0 saturated carbocycles. The lowest BCUT2D eigenvalue weighted by molar-refractivity contribution is -0.123. The van der Waals surface area contributed by atoms with E-state index < -0.39 is 27.1 Å². The Morgan fingerprint density at radius 1 is 1.00 bits per heavy atom. The summed E-state index contributed by atoms with van der Waals surface area (Å²) in [6.45, 7) is -0.108. The monoisotopic (exact) mass is 537 g/mol. The summed E-state index contributed by atoms with van der Waals surface area (Å²) in [5.41, 5.74) is 0.878. The highest BCUT2D eigenvalue weighted by atomic mass is 35.5. The van der Waals surface area contributed by atoms with Crippen LogP contribution in [0.3, 0.4) is 0 Å². The van der Waals surface area contributed by atoms with E-state index in [2.05, 4.69) is 0 Å². The molecule has 3 aromatic carbocycles. The number of nitrogens with zero attached hydrogens (tertiary/aromatic N) is 1. The van der Waals surface area contributed by atoms with Crippen molar-refractivity contribution in [3.8, 4) is 5.75 Å². The third-order valence-electron chi connectivity index (χ3n) is 4.68. The van der Waals surface area contributed by atoms with Crippen molar-refractivity contribution < 1.29 is 26.6 Å². The average Bonchev–Trinajstić information content (AvgIpc) is 3.03. The lowest BCUT2D eigenvalue weighted by Crippen LogP contribution is -2.27. The molecule has 34 heavy (non-hydrogen) atoms. The summed E-state index contributed by atoms with van der Waals surface area (Å²) in [4.78, 5) is 26.3. The Morgan fingerprint density at radius 2 is 1.74 bits per heavy atom. The molecule has 4 rings (SSSR count). The summed E-state index contributed by atoms with van der Waals surface area (Å²) in [7, 11) is -4.10. The van der Waals surface area contributed by atoms with Crippen LogP contribution >= 0.6 is 35.0 Å². The Morgan fingerprint density at radius 3 is 2.44 bits per heavy atom. The van der Waals surface area contributed by atoms with Gasteiger partial charge in [0.1, 0.15) is 16.5 Å². The molecule has 0 N–H and O–H groups in total. The second-order valence-electron chi connectivity index (χ2n) is 7.07. The minimum absolute atomic E-state index is 0.0287. The largest absolute Gasteiger partial charge is 0.379 e. The van der Waals surface area contributed by atoms with Crippen molar-refractivity contribution in [2.75, 3.05) is 0 Å². The Balaban J connectivity index is 1.53. The molecule has 1 saturated heterocycles. The number of hydrogen-bond donors (Lipinski definition) is 0. The fourth-order valence-corrected chi connectivity index (χ4v) is 5.15. The number of carbonyl (C=O) groups is 2. The molecular formula is C23H14Cl2FNO5S2. The lowest BCUT2D eigenvalue weighted by atomic mass is 10.2. The highest BCUT2D eigenvalue weighted by Crippen LogP contribution is 2.34. The van der Waals surface area contributed by atoms with Gasteiger partial charge in [0.25, 0.3) is 11.1 Å². The normalized spacial score (nSPS) is 15.3. The second-order valence-corrected chi connectivity index (χ2v) is 10.5. The second kappa shape index (κ2) is 9.79. The zero-order chi connectivity index (χ0) is 24.5. The van der Waals surface area contributed by atoms with E-state index in [9.17, 15) is 22.4 Å². The number of amides is 2. The first-order valence-electron chi connectivity index (χ1n) is 9.62. The van der Waals surface area contributed by atoms with Crippen LogP contribution < -0.4 is 4.18 Å². The summed E-state index contributed by atoms with van der Waals surface area (Å²) in [6.07, 6.45) is 1.46.